The minimum absolute atomic E-state index is 0.00848. The highest BCUT2D eigenvalue weighted by molar-refractivity contribution is 5.74. The minimum atomic E-state index is -0.930. The fourth-order valence-corrected chi connectivity index (χ4v) is 4.21. The standard InChI is InChI=1S/C24H34N6O6/c1-27-21-20(22(32)28(2)24(27)33)30(15-17(31)16-36-19-7-5-18(34-3)6-8-19)23(26-21)25-9-4-10-29-11-13-35-14-12-29/h5-8,17,31H,4,9-16H2,1-3H3,(H,25,26)/t17-/m1/s1. The van der Waals surface area contributed by atoms with Crippen molar-refractivity contribution in [3.05, 3.63) is 45.1 Å². The monoisotopic (exact) mass is 502 g/mol. The van der Waals surface area contributed by atoms with Crippen LogP contribution in [-0.4, -0.2) is 87.9 Å². The lowest BCUT2D eigenvalue weighted by molar-refractivity contribution is 0.0378. The fourth-order valence-electron chi connectivity index (χ4n) is 4.21. The van der Waals surface area contributed by atoms with Gasteiger partial charge in [0, 0.05) is 33.7 Å². The highest BCUT2D eigenvalue weighted by Gasteiger charge is 2.21. The molecule has 12 nitrogen and oxygen atoms in total. The van der Waals surface area contributed by atoms with E-state index >= 15 is 0 Å². The van der Waals surface area contributed by atoms with E-state index in [4.69, 9.17) is 14.2 Å². The summed E-state index contributed by atoms with van der Waals surface area (Å²) in [6.07, 6.45) is -0.0659. The first-order valence-corrected chi connectivity index (χ1v) is 12.0. The molecule has 1 aliphatic heterocycles. The average molecular weight is 503 g/mol. The molecule has 1 aromatic carbocycles. The van der Waals surface area contributed by atoms with E-state index in [2.05, 4.69) is 15.2 Å². The number of imidazole rings is 1. The normalized spacial score (nSPS) is 15.2. The molecule has 3 heterocycles. The Morgan fingerprint density at radius 2 is 1.81 bits per heavy atom. The van der Waals surface area contributed by atoms with Gasteiger partial charge in [0.2, 0.25) is 5.95 Å². The molecular formula is C24H34N6O6. The summed E-state index contributed by atoms with van der Waals surface area (Å²) in [6.45, 7) is 4.92. The van der Waals surface area contributed by atoms with Crippen LogP contribution in [0.25, 0.3) is 11.2 Å². The topological polar surface area (TPSA) is 125 Å². The maximum Gasteiger partial charge on any atom is 0.332 e. The van der Waals surface area contributed by atoms with Gasteiger partial charge in [-0.15, -0.1) is 0 Å². The number of aliphatic hydroxyl groups is 1. The smallest absolute Gasteiger partial charge is 0.332 e. The van der Waals surface area contributed by atoms with Crippen LogP contribution in [0, 0.1) is 0 Å². The van der Waals surface area contributed by atoms with Crippen molar-refractivity contribution < 1.29 is 19.3 Å². The minimum Gasteiger partial charge on any atom is -0.497 e. The molecule has 2 aromatic heterocycles. The van der Waals surface area contributed by atoms with Crippen LogP contribution >= 0.6 is 0 Å². The maximum absolute atomic E-state index is 13.0. The van der Waals surface area contributed by atoms with E-state index in [0.29, 0.717) is 24.0 Å². The van der Waals surface area contributed by atoms with Gasteiger partial charge in [-0.25, -0.2) is 4.79 Å². The molecule has 0 bridgehead atoms. The van der Waals surface area contributed by atoms with E-state index in [0.717, 1.165) is 43.8 Å². The molecule has 0 spiro atoms. The second-order valence-corrected chi connectivity index (χ2v) is 8.80. The number of hydrogen-bond donors (Lipinski definition) is 2. The van der Waals surface area contributed by atoms with Crippen molar-refractivity contribution in [2.45, 2.75) is 19.1 Å². The lowest BCUT2D eigenvalue weighted by Crippen LogP contribution is -2.38. The third kappa shape index (κ3) is 5.72. The van der Waals surface area contributed by atoms with E-state index in [-0.39, 0.29) is 24.3 Å². The van der Waals surface area contributed by atoms with Gasteiger partial charge in [0.1, 0.15) is 24.2 Å². The molecule has 196 valence electrons. The van der Waals surface area contributed by atoms with E-state index in [9.17, 15) is 14.7 Å². The summed E-state index contributed by atoms with van der Waals surface area (Å²) < 4.78 is 20.3. The van der Waals surface area contributed by atoms with Gasteiger partial charge in [-0.05, 0) is 37.2 Å². The molecular weight excluding hydrogens is 468 g/mol. The number of ether oxygens (including phenoxy) is 3. The number of benzene rings is 1. The number of methoxy groups -OCH3 is 1. The van der Waals surface area contributed by atoms with E-state index in [1.807, 2.05) is 0 Å². The molecule has 1 atom stereocenters. The predicted octanol–water partition coefficient (Wildman–Crippen LogP) is 0.0164. The largest absolute Gasteiger partial charge is 0.497 e. The number of aliphatic hydroxyl groups excluding tert-OH is 1. The summed E-state index contributed by atoms with van der Waals surface area (Å²) >= 11 is 0. The van der Waals surface area contributed by atoms with Crippen molar-refractivity contribution >= 4 is 17.1 Å². The summed E-state index contributed by atoms with van der Waals surface area (Å²) in [4.78, 5) is 32.4. The summed E-state index contributed by atoms with van der Waals surface area (Å²) in [7, 11) is 4.59. The van der Waals surface area contributed by atoms with Gasteiger partial charge in [0.25, 0.3) is 5.56 Å². The zero-order valence-corrected chi connectivity index (χ0v) is 21.0. The first kappa shape index (κ1) is 25.7. The zero-order valence-electron chi connectivity index (χ0n) is 21.0. The molecule has 1 saturated heterocycles. The Morgan fingerprint density at radius 3 is 2.50 bits per heavy atom. The molecule has 4 rings (SSSR count). The van der Waals surface area contributed by atoms with Gasteiger partial charge < -0.3 is 29.2 Å². The van der Waals surface area contributed by atoms with E-state index < -0.39 is 17.4 Å². The molecule has 12 heteroatoms. The van der Waals surface area contributed by atoms with Crippen molar-refractivity contribution in [1.82, 2.24) is 23.6 Å². The molecule has 36 heavy (non-hydrogen) atoms. The van der Waals surface area contributed by atoms with Crippen molar-refractivity contribution in [2.75, 3.05) is 58.4 Å². The van der Waals surface area contributed by atoms with Crippen molar-refractivity contribution in [3.8, 4) is 11.5 Å². The van der Waals surface area contributed by atoms with E-state index in [1.165, 1.54) is 11.6 Å². The first-order valence-electron chi connectivity index (χ1n) is 12.0. The third-order valence-electron chi connectivity index (χ3n) is 6.28. The molecule has 0 amide bonds. The summed E-state index contributed by atoms with van der Waals surface area (Å²) in [5, 5.41) is 14.1. The number of anilines is 1. The third-order valence-corrected chi connectivity index (χ3v) is 6.28. The van der Waals surface area contributed by atoms with Gasteiger partial charge in [0.15, 0.2) is 11.2 Å². The van der Waals surface area contributed by atoms with Crippen LogP contribution in [0.5, 0.6) is 11.5 Å². The predicted molar refractivity (Wildman–Crippen MR) is 135 cm³/mol. The van der Waals surface area contributed by atoms with Gasteiger partial charge in [-0.1, -0.05) is 0 Å². The summed E-state index contributed by atoms with van der Waals surface area (Å²) in [5.74, 6) is 1.72. The number of morpholine rings is 1. The van der Waals surface area contributed by atoms with Crippen LogP contribution in [0.1, 0.15) is 6.42 Å². The van der Waals surface area contributed by atoms with Crippen LogP contribution in [0.3, 0.4) is 0 Å². The highest BCUT2D eigenvalue weighted by Crippen LogP contribution is 2.19. The van der Waals surface area contributed by atoms with Gasteiger partial charge in [0.05, 0.1) is 26.9 Å². The Balaban J connectivity index is 1.50. The molecule has 0 unspecified atom stereocenters. The highest BCUT2D eigenvalue weighted by atomic mass is 16.5. The lowest BCUT2D eigenvalue weighted by atomic mass is 10.3. The van der Waals surface area contributed by atoms with E-state index in [1.54, 1.807) is 43.0 Å². The zero-order chi connectivity index (χ0) is 25.7. The molecule has 0 aliphatic carbocycles. The SMILES string of the molecule is COc1ccc(OC[C@H](O)Cn2c(NCCCN3CCOCC3)nc3c2c(=O)n(C)c(=O)n3C)cc1. The Labute approximate surface area is 208 Å². The van der Waals surface area contributed by atoms with Crippen LogP contribution in [0.2, 0.25) is 0 Å². The molecule has 1 fully saturated rings. The number of nitrogens with one attached hydrogen (secondary N) is 1. The maximum atomic E-state index is 13.0. The number of nitrogens with zero attached hydrogens (tertiary/aromatic N) is 5. The first-order chi connectivity index (χ1) is 17.4. The Hall–Kier alpha value is -3.35. The number of rotatable bonds is 11. The summed E-state index contributed by atoms with van der Waals surface area (Å²) in [6, 6.07) is 7.05. The van der Waals surface area contributed by atoms with Crippen LogP contribution < -0.4 is 26.0 Å². The lowest BCUT2D eigenvalue weighted by Gasteiger charge is -2.26. The number of fused-ring (bicyclic) bond motifs is 1. The van der Waals surface area contributed by atoms with Crippen LogP contribution in [-0.2, 0) is 25.4 Å². The number of aromatic nitrogens is 4. The molecule has 1 aliphatic rings. The van der Waals surface area contributed by atoms with Gasteiger partial charge >= 0.3 is 5.69 Å². The van der Waals surface area contributed by atoms with Crippen molar-refractivity contribution in [3.63, 3.8) is 0 Å². The Kier molecular flexibility index (Phi) is 8.28. The molecule has 2 N–H and O–H groups in total. The quantitative estimate of drug-likeness (QED) is 0.349. The van der Waals surface area contributed by atoms with Crippen LogP contribution in [0.15, 0.2) is 33.9 Å². The molecule has 3 aromatic rings. The Bertz CT molecular complexity index is 1280. The van der Waals surface area contributed by atoms with Crippen LogP contribution in [0.4, 0.5) is 5.95 Å². The Morgan fingerprint density at radius 1 is 1.11 bits per heavy atom. The molecule has 0 saturated carbocycles. The van der Waals surface area contributed by atoms with Crippen molar-refractivity contribution in [1.29, 1.82) is 0 Å². The second-order valence-electron chi connectivity index (χ2n) is 8.80. The van der Waals surface area contributed by atoms with Crippen molar-refractivity contribution in [2.24, 2.45) is 14.1 Å². The van der Waals surface area contributed by atoms with Gasteiger partial charge in [-0.3, -0.25) is 18.8 Å². The molecule has 0 radical (unpaired) electrons. The van der Waals surface area contributed by atoms with Gasteiger partial charge in [-0.2, -0.15) is 4.98 Å². The average Bonchev–Trinajstić information content (AvgIpc) is 3.26. The number of aryl methyl sites for hydroxylation is 1. The fraction of sp³-hybridized carbons (Fsp3) is 0.542. The second kappa shape index (κ2) is 11.6. The summed E-state index contributed by atoms with van der Waals surface area (Å²) in [5.41, 5.74) is -0.412. The number of hydrogen-bond acceptors (Lipinski definition) is 9.